The Morgan fingerprint density at radius 1 is 1.13 bits per heavy atom. The third kappa shape index (κ3) is 7.50. The fraction of sp³-hybridized carbons (Fsp3) is 0.941. The lowest BCUT2D eigenvalue weighted by molar-refractivity contribution is 0.144. The van der Waals surface area contributed by atoms with Crippen LogP contribution < -0.4 is 10.6 Å². The maximum absolute atomic E-state index is 5.21. The van der Waals surface area contributed by atoms with Crippen molar-refractivity contribution >= 4 is 5.96 Å². The molecule has 0 unspecified atom stereocenters. The topological polar surface area (TPSA) is 52.1 Å². The zero-order valence-electron chi connectivity index (χ0n) is 15.0. The molecule has 1 aliphatic carbocycles. The molecule has 23 heavy (non-hydrogen) atoms. The Morgan fingerprint density at radius 2 is 1.87 bits per heavy atom. The van der Waals surface area contributed by atoms with Crippen LogP contribution in [-0.4, -0.2) is 88.4 Å². The third-order valence-corrected chi connectivity index (χ3v) is 4.73. The monoisotopic (exact) mass is 325 g/mol. The first kappa shape index (κ1) is 18.5. The second-order valence-electron chi connectivity index (χ2n) is 6.59. The van der Waals surface area contributed by atoms with E-state index in [9.17, 15) is 0 Å². The third-order valence-electron chi connectivity index (χ3n) is 4.73. The van der Waals surface area contributed by atoms with Crippen molar-refractivity contribution in [2.45, 2.75) is 38.1 Å². The summed E-state index contributed by atoms with van der Waals surface area (Å²) >= 11 is 0. The Kier molecular flexibility index (Phi) is 8.71. The summed E-state index contributed by atoms with van der Waals surface area (Å²) in [4.78, 5) is 9.39. The number of hydrogen-bond acceptors (Lipinski definition) is 4. The van der Waals surface area contributed by atoms with Gasteiger partial charge in [-0.05, 0) is 38.8 Å². The lowest BCUT2D eigenvalue weighted by Crippen LogP contribution is -2.45. The first-order valence-electron chi connectivity index (χ1n) is 9.23. The molecule has 1 saturated heterocycles. The second kappa shape index (κ2) is 10.8. The van der Waals surface area contributed by atoms with Crippen LogP contribution in [0.2, 0.25) is 0 Å². The van der Waals surface area contributed by atoms with Crippen LogP contribution in [0.1, 0.15) is 32.1 Å². The van der Waals surface area contributed by atoms with E-state index >= 15 is 0 Å². The molecule has 1 saturated carbocycles. The zero-order valence-corrected chi connectivity index (χ0v) is 15.0. The van der Waals surface area contributed by atoms with Crippen molar-refractivity contribution in [3.05, 3.63) is 0 Å². The summed E-state index contributed by atoms with van der Waals surface area (Å²) in [6.45, 7) is 8.43. The van der Waals surface area contributed by atoms with Gasteiger partial charge in [0.05, 0.1) is 6.61 Å². The van der Waals surface area contributed by atoms with Gasteiger partial charge in [-0.3, -0.25) is 9.89 Å². The van der Waals surface area contributed by atoms with E-state index in [1.54, 1.807) is 7.11 Å². The molecule has 2 rings (SSSR count). The number of likely N-dealkylation sites (tertiary alicyclic amines) is 1. The first-order chi connectivity index (χ1) is 11.3. The predicted octanol–water partition coefficient (Wildman–Crippen LogP) is 0.748. The largest absolute Gasteiger partial charge is 0.383 e. The van der Waals surface area contributed by atoms with E-state index in [4.69, 9.17) is 4.74 Å². The Labute approximate surface area is 141 Å². The molecule has 2 fully saturated rings. The Bertz CT molecular complexity index is 340. The van der Waals surface area contributed by atoms with Gasteiger partial charge >= 0.3 is 0 Å². The van der Waals surface area contributed by atoms with Gasteiger partial charge in [-0.15, -0.1) is 0 Å². The smallest absolute Gasteiger partial charge is 0.191 e. The summed E-state index contributed by atoms with van der Waals surface area (Å²) in [7, 11) is 3.62. The van der Waals surface area contributed by atoms with E-state index in [-0.39, 0.29) is 0 Å². The molecule has 6 nitrogen and oxygen atoms in total. The second-order valence-corrected chi connectivity index (χ2v) is 6.59. The zero-order chi connectivity index (χ0) is 16.3. The molecule has 0 atom stereocenters. The highest BCUT2D eigenvalue weighted by Gasteiger charge is 2.28. The molecule has 0 aromatic carbocycles. The average Bonchev–Trinajstić information content (AvgIpc) is 3.42. The van der Waals surface area contributed by atoms with Crippen LogP contribution in [0, 0.1) is 0 Å². The Balaban J connectivity index is 1.56. The van der Waals surface area contributed by atoms with Crippen molar-refractivity contribution in [3.8, 4) is 0 Å². The van der Waals surface area contributed by atoms with E-state index in [0.717, 1.165) is 51.3 Å². The fourth-order valence-electron chi connectivity index (χ4n) is 3.18. The summed E-state index contributed by atoms with van der Waals surface area (Å²) in [6.07, 6.45) is 6.78. The fourth-order valence-corrected chi connectivity index (χ4v) is 3.18. The highest BCUT2D eigenvalue weighted by atomic mass is 16.5. The molecule has 0 aromatic rings. The first-order valence-corrected chi connectivity index (χ1v) is 9.23. The van der Waals surface area contributed by atoms with Gasteiger partial charge in [-0.1, -0.05) is 6.42 Å². The number of ether oxygens (including phenoxy) is 1. The minimum absolute atomic E-state index is 0.779. The minimum atomic E-state index is 0.779. The number of hydrogen-bond donors (Lipinski definition) is 2. The van der Waals surface area contributed by atoms with Gasteiger partial charge in [0.1, 0.15) is 0 Å². The van der Waals surface area contributed by atoms with E-state index in [2.05, 4.69) is 25.4 Å². The van der Waals surface area contributed by atoms with Crippen LogP contribution in [-0.2, 0) is 4.74 Å². The van der Waals surface area contributed by atoms with Crippen LogP contribution in [0.25, 0.3) is 0 Å². The summed E-state index contributed by atoms with van der Waals surface area (Å²) < 4.78 is 5.21. The molecule has 0 amide bonds. The van der Waals surface area contributed by atoms with E-state index in [0.29, 0.717) is 0 Å². The maximum atomic E-state index is 5.21. The Hall–Kier alpha value is -0.850. The number of nitrogens with zero attached hydrogens (tertiary/aromatic N) is 3. The molecule has 0 radical (unpaired) electrons. The van der Waals surface area contributed by atoms with Gasteiger partial charge in [-0.2, -0.15) is 0 Å². The summed E-state index contributed by atoms with van der Waals surface area (Å²) in [6, 6.07) is 0.779. The summed E-state index contributed by atoms with van der Waals surface area (Å²) in [5.74, 6) is 0.921. The van der Waals surface area contributed by atoms with Crippen molar-refractivity contribution in [3.63, 3.8) is 0 Å². The number of nitrogens with one attached hydrogen (secondary N) is 2. The lowest BCUT2D eigenvalue weighted by atomic mass is 10.1. The number of piperidine rings is 1. The number of aliphatic imine (C=N–C) groups is 1. The molecule has 6 heteroatoms. The van der Waals surface area contributed by atoms with E-state index in [1.807, 2.05) is 7.05 Å². The average molecular weight is 326 g/mol. The molecule has 0 spiro atoms. The summed E-state index contributed by atoms with van der Waals surface area (Å²) in [5, 5.41) is 6.87. The van der Waals surface area contributed by atoms with Crippen LogP contribution in [0.5, 0.6) is 0 Å². The van der Waals surface area contributed by atoms with Gasteiger partial charge in [0, 0.05) is 52.9 Å². The molecule has 0 bridgehead atoms. The quantitative estimate of drug-likeness (QED) is 0.458. The number of guanidine groups is 1. The molecule has 2 N–H and O–H groups in total. The van der Waals surface area contributed by atoms with Crippen LogP contribution in [0.4, 0.5) is 0 Å². The van der Waals surface area contributed by atoms with Crippen LogP contribution in [0.3, 0.4) is 0 Å². The lowest BCUT2D eigenvalue weighted by Gasteiger charge is -2.26. The van der Waals surface area contributed by atoms with E-state index < -0.39 is 0 Å². The highest BCUT2D eigenvalue weighted by molar-refractivity contribution is 5.79. The number of methoxy groups -OCH3 is 1. The van der Waals surface area contributed by atoms with Crippen LogP contribution >= 0.6 is 0 Å². The predicted molar refractivity (Wildman–Crippen MR) is 96.1 cm³/mol. The SMILES string of the molecule is CN=C(NCCN1CCCCC1)NCCN(CCOC)C1CC1. The molecule has 1 heterocycles. The number of rotatable bonds is 10. The molecular weight excluding hydrogens is 290 g/mol. The molecule has 0 aromatic heterocycles. The highest BCUT2D eigenvalue weighted by Crippen LogP contribution is 2.25. The van der Waals surface area contributed by atoms with Crippen molar-refractivity contribution in [2.75, 3.05) is 66.6 Å². The van der Waals surface area contributed by atoms with Gasteiger partial charge < -0.3 is 20.3 Å². The minimum Gasteiger partial charge on any atom is -0.383 e. The standard InChI is InChI=1S/C17H35N5O/c1-18-17(19-8-12-21-10-4-3-5-11-21)20-9-13-22(14-15-23-2)16-6-7-16/h16H,3-15H2,1-2H3,(H2,18,19,20). The van der Waals surface area contributed by atoms with Crippen LogP contribution in [0.15, 0.2) is 4.99 Å². The van der Waals surface area contributed by atoms with Gasteiger partial charge in [0.2, 0.25) is 0 Å². The van der Waals surface area contributed by atoms with Gasteiger partial charge in [0.25, 0.3) is 0 Å². The van der Waals surface area contributed by atoms with Gasteiger partial charge in [-0.25, -0.2) is 0 Å². The van der Waals surface area contributed by atoms with Crippen molar-refractivity contribution in [1.29, 1.82) is 0 Å². The maximum Gasteiger partial charge on any atom is 0.191 e. The molecule has 2 aliphatic rings. The normalized spacial score (nSPS) is 20.0. The van der Waals surface area contributed by atoms with Gasteiger partial charge in [0.15, 0.2) is 5.96 Å². The summed E-state index contributed by atoms with van der Waals surface area (Å²) in [5.41, 5.74) is 0. The van der Waals surface area contributed by atoms with Crippen molar-refractivity contribution in [2.24, 2.45) is 4.99 Å². The molecular formula is C17H35N5O. The van der Waals surface area contributed by atoms with E-state index in [1.165, 1.54) is 45.2 Å². The van der Waals surface area contributed by atoms with Crippen molar-refractivity contribution in [1.82, 2.24) is 20.4 Å². The van der Waals surface area contributed by atoms with Crippen molar-refractivity contribution < 1.29 is 4.74 Å². The Morgan fingerprint density at radius 3 is 2.52 bits per heavy atom. The molecule has 134 valence electrons. The molecule has 1 aliphatic heterocycles.